The molecule has 0 saturated carbocycles. The average Bonchev–Trinajstić information content (AvgIpc) is 2.93. The van der Waals surface area contributed by atoms with Crippen molar-refractivity contribution in [2.24, 2.45) is 5.14 Å². The zero-order valence-corrected chi connectivity index (χ0v) is 12.2. The summed E-state index contributed by atoms with van der Waals surface area (Å²) in [5, 5.41) is 5.10. The molecule has 1 aromatic carbocycles. The molecule has 1 amide bonds. The van der Waals surface area contributed by atoms with E-state index in [1.54, 1.807) is 0 Å². The lowest BCUT2D eigenvalue weighted by molar-refractivity contribution is -0.128. The van der Waals surface area contributed by atoms with Crippen molar-refractivity contribution in [1.82, 2.24) is 9.88 Å². The van der Waals surface area contributed by atoms with Crippen LogP contribution in [0.5, 0.6) is 0 Å². The van der Waals surface area contributed by atoms with Gasteiger partial charge in [0.25, 0.3) is 0 Å². The van der Waals surface area contributed by atoms with Crippen molar-refractivity contribution in [2.45, 2.75) is 18.2 Å². The van der Waals surface area contributed by atoms with Crippen molar-refractivity contribution in [3.8, 4) is 0 Å². The molecule has 1 unspecified atom stereocenters. The summed E-state index contributed by atoms with van der Waals surface area (Å²) in [6.45, 7) is 0.484. The lowest BCUT2D eigenvalue weighted by Gasteiger charge is -2.14. The van der Waals surface area contributed by atoms with Gasteiger partial charge >= 0.3 is 0 Å². The number of aromatic nitrogens is 1. The van der Waals surface area contributed by atoms with Gasteiger partial charge in [-0.2, -0.15) is 0 Å². The number of carbonyl (C=O) groups is 1. The largest absolute Gasteiger partial charge is 0.335 e. The number of sulfonamides is 1. The van der Waals surface area contributed by atoms with Gasteiger partial charge in [0.15, 0.2) is 0 Å². The Morgan fingerprint density at radius 1 is 1.40 bits per heavy atom. The molecule has 1 atom stereocenters. The topological polar surface area (TPSA) is 93.4 Å². The fourth-order valence-corrected chi connectivity index (χ4v) is 4.01. The van der Waals surface area contributed by atoms with Crippen molar-refractivity contribution in [3.63, 3.8) is 0 Å². The predicted octanol–water partition coefficient (Wildman–Crippen LogP) is 0.686. The molecule has 2 heterocycles. The Morgan fingerprint density at radius 3 is 2.80 bits per heavy atom. The zero-order valence-electron chi connectivity index (χ0n) is 10.5. The Kier molecular flexibility index (Phi) is 3.23. The first kappa shape index (κ1) is 13.5. The number of benzene rings is 1. The molecule has 2 N–H and O–H groups in total. The van der Waals surface area contributed by atoms with Crippen LogP contribution in [0.15, 0.2) is 24.3 Å². The monoisotopic (exact) mass is 311 g/mol. The molecule has 0 aliphatic carbocycles. The van der Waals surface area contributed by atoms with E-state index < -0.39 is 15.3 Å². The third-order valence-corrected chi connectivity index (χ3v) is 5.57. The van der Waals surface area contributed by atoms with Crippen molar-refractivity contribution >= 4 is 37.5 Å². The highest BCUT2D eigenvalue weighted by Crippen LogP contribution is 2.25. The summed E-state index contributed by atoms with van der Waals surface area (Å²) in [7, 11) is -3.66. The molecular formula is C12H13N3O3S2. The Labute approximate surface area is 120 Å². The van der Waals surface area contributed by atoms with Crippen LogP contribution in [-0.2, 0) is 21.4 Å². The molecule has 1 saturated heterocycles. The molecule has 106 valence electrons. The molecule has 20 heavy (non-hydrogen) atoms. The van der Waals surface area contributed by atoms with E-state index in [-0.39, 0.29) is 18.9 Å². The molecule has 8 heteroatoms. The first-order chi connectivity index (χ1) is 9.43. The SMILES string of the molecule is NS(=O)(=O)C1CC(=O)N(Cc2nc3ccccc3s2)C1. The van der Waals surface area contributed by atoms with E-state index in [0.29, 0.717) is 6.54 Å². The number of hydrogen-bond donors (Lipinski definition) is 1. The number of nitrogens with zero attached hydrogens (tertiary/aromatic N) is 2. The number of rotatable bonds is 3. The Hall–Kier alpha value is -1.51. The molecule has 1 aliphatic heterocycles. The molecule has 0 bridgehead atoms. The summed E-state index contributed by atoms with van der Waals surface area (Å²) in [5.74, 6) is -0.191. The van der Waals surface area contributed by atoms with E-state index in [1.165, 1.54) is 16.2 Å². The molecule has 3 rings (SSSR count). The Balaban J connectivity index is 1.79. The van der Waals surface area contributed by atoms with Crippen LogP contribution in [-0.4, -0.2) is 36.0 Å². The second-order valence-corrected chi connectivity index (χ2v) is 7.72. The normalized spacial score (nSPS) is 19.9. The highest BCUT2D eigenvalue weighted by Gasteiger charge is 2.36. The zero-order chi connectivity index (χ0) is 14.3. The summed E-state index contributed by atoms with van der Waals surface area (Å²) in [6.07, 6.45) is -0.0380. The molecule has 1 fully saturated rings. The Morgan fingerprint density at radius 2 is 2.15 bits per heavy atom. The van der Waals surface area contributed by atoms with Gasteiger partial charge in [0.1, 0.15) is 10.3 Å². The van der Waals surface area contributed by atoms with Gasteiger partial charge in [-0.05, 0) is 12.1 Å². The second kappa shape index (κ2) is 4.80. The standard InChI is InChI=1S/C12H13N3O3S2/c13-20(17,18)8-5-12(16)15(6-8)7-11-14-9-3-1-2-4-10(9)19-11/h1-4,8H,5-7H2,(H2,13,17,18). The minimum absolute atomic E-state index is 0.0380. The van der Waals surface area contributed by atoms with E-state index in [0.717, 1.165) is 15.2 Å². The van der Waals surface area contributed by atoms with Crippen LogP contribution < -0.4 is 5.14 Å². The van der Waals surface area contributed by atoms with Crippen LogP contribution in [0.4, 0.5) is 0 Å². The first-order valence-electron chi connectivity index (χ1n) is 6.07. The molecule has 1 aliphatic rings. The number of para-hydroxylation sites is 1. The number of amides is 1. The predicted molar refractivity (Wildman–Crippen MR) is 76.5 cm³/mol. The number of likely N-dealkylation sites (tertiary alicyclic amines) is 1. The van der Waals surface area contributed by atoms with E-state index in [4.69, 9.17) is 5.14 Å². The molecule has 1 aromatic heterocycles. The van der Waals surface area contributed by atoms with Gasteiger partial charge in [-0.15, -0.1) is 11.3 Å². The Bertz CT molecular complexity index is 736. The van der Waals surface area contributed by atoms with E-state index in [2.05, 4.69) is 4.98 Å². The lowest BCUT2D eigenvalue weighted by atomic mass is 10.3. The maximum Gasteiger partial charge on any atom is 0.224 e. The summed E-state index contributed by atoms with van der Waals surface area (Å²) in [6, 6.07) is 7.72. The van der Waals surface area contributed by atoms with Crippen LogP contribution in [0.2, 0.25) is 0 Å². The van der Waals surface area contributed by atoms with Crippen LogP contribution in [0.1, 0.15) is 11.4 Å². The van der Waals surface area contributed by atoms with Gasteiger partial charge in [0, 0.05) is 13.0 Å². The van der Waals surface area contributed by atoms with Crippen LogP contribution in [0.25, 0.3) is 10.2 Å². The smallest absolute Gasteiger partial charge is 0.224 e. The number of fused-ring (bicyclic) bond motifs is 1. The van der Waals surface area contributed by atoms with E-state index >= 15 is 0 Å². The van der Waals surface area contributed by atoms with E-state index in [9.17, 15) is 13.2 Å². The van der Waals surface area contributed by atoms with Gasteiger partial charge in [-0.25, -0.2) is 18.5 Å². The highest BCUT2D eigenvalue weighted by atomic mass is 32.2. The second-order valence-electron chi connectivity index (χ2n) is 4.76. The van der Waals surface area contributed by atoms with Gasteiger partial charge in [0.05, 0.1) is 16.8 Å². The van der Waals surface area contributed by atoms with Crippen molar-refractivity contribution < 1.29 is 13.2 Å². The third kappa shape index (κ3) is 2.54. The quantitative estimate of drug-likeness (QED) is 0.902. The molecule has 0 radical (unpaired) electrons. The third-order valence-electron chi connectivity index (χ3n) is 3.31. The van der Waals surface area contributed by atoms with Crippen LogP contribution in [0.3, 0.4) is 0 Å². The first-order valence-corrected chi connectivity index (χ1v) is 8.50. The summed E-state index contributed by atoms with van der Waals surface area (Å²) in [4.78, 5) is 17.8. The van der Waals surface area contributed by atoms with Crippen molar-refractivity contribution in [2.75, 3.05) is 6.54 Å². The van der Waals surface area contributed by atoms with Crippen LogP contribution in [0, 0.1) is 0 Å². The minimum Gasteiger partial charge on any atom is -0.335 e. The highest BCUT2D eigenvalue weighted by molar-refractivity contribution is 7.89. The molecule has 0 spiro atoms. The fraction of sp³-hybridized carbons (Fsp3) is 0.333. The van der Waals surface area contributed by atoms with Gasteiger partial charge < -0.3 is 4.90 Å². The molecule has 6 nitrogen and oxygen atoms in total. The molecular weight excluding hydrogens is 298 g/mol. The molecule has 2 aromatic rings. The maximum absolute atomic E-state index is 11.8. The summed E-state index contributed by atoms with van der Waals surface area (Å²) in [5.41, 5.74) is 0.891. The van der Waals surface area contributed by atoms with Crippen molar-refractivity contribution in [3.05, 3.63) is 29.3 Å². The summed E-state index contributed by atoms with van der Waals surface area (Å²) >= 11 is 1.51. The van der Waals surface area contributed by atoms with Gasteiger partial charge in [-0.3, -0.25) is 4.79 Å². The minimum atomic E-state index is -3.66. The average molecular weight is 311 g/mol. The van der Waals surface area contributed by atoms with Gasteiger partial charge in [-0.1, -0.05) is 12.1 Å². The number of nitrogens with two attached hydrogens (primary N) is 1. The number of hydrogen-bond acceptors (Lipinski definition) is 5. The van der Waals surface area contributed by atoms with E-state index in [1.807, 2.05) is 24.3 Å². The number of primary sulfonamides is 1. The van der Waals surface area contributed by atoms with Crippen LogP contribution >= 0.6 is 11.3 Å². The van der Waals surface area contributed by atoms with Gasteiger partial charge in [0.2, 0.25) is 15.9 Å². The lowest BCUT2D eigenvalue weighted by Crippen LogP contribution is -2.31. The van der Waals surface area contributed by atoms with Crippen molar-refractivity contribution in [1.29, 1.82) is 0 Å². The fourth-order valence-electron chi connectivity index (χ4n) is 2.26. The summed E-state index contributed by atoms with van der Waals surface area (Å²) < 4.78 is 23.7. The number of carbonyl (C=O) groups excluding carboxylic acids is 1. The number of thiazole rings is 1. The maximum atomic E-state index is 11.8.